The minimum atomic E-state index is -5.06. The topological polar surface area (TPSA) is 55.4 Å². The van der Waals surface area contributed by atoms with Gasteiger partial charge in [-0.15, -0.1) is 0 Å². The van der Waals surface area contributed by atoms with E-state index in [2.05, 4.69) is 0 Å². The molecule has 1 aromatic rings. The van der Waals surface area contributed by atoms with Crippen LogP contribution in [0.15, 0.2) is 30.3 Å². The molecule has 0 radical (unpaired) electrons. The summed E-state index contributed by atoms with van der Waals surface area (Å²) in [5.74, 6) is -3.08. The fraction of sp³-hybridized carbons (Fsp3) is 0.467. The number of nitrogens with one attached hydrogen (secondary N) is 1. The SMILES string of the molecule is CC(C)(C)OC(=O)[C@@H](Cc1ccccc1)NC(=O)C(F)(F)F. The van der Waals surface area contributed by atoms with Crippen LogP contribution in [0.2, 0.25) is 0 Å². The van der Waals surface area contributed by atoms with Gasteiger partial charge >= 0.3 is 18.1 Å². The molecule has 4 nitrogen and oxygen atoms in total. The Bertz CT molecular complexity index is 521. The summed E-state index contributed by atoms with van der Waals surface area (Å²) in [4.78, 5) is 23.1. The molecule has 1 rings (SSSR count). The average molecular weight is 317 g/mol. The lowest BCUT2D eigenvalue weighted by molar-refractivity contribution is -0.177. The van der Waals surface area contributed by atoms with E-state index in [1.807, 2.05) is 0 Å². The monoisotopic (exact) mass is 317 g/mol. The summed E-state index contributed by atoms with van der Waals surface area (Å²) in [5, 5.41) is 1.69. The quantitative estimate of drug-likeness (QED) is 0.869. The largest absolute Gasteiger partial charge is 0.471 e. The van der Waals surface area contributed by atoms with Crippen molar-refractivity contribution in [2.45, 2.75) is 45.0 Å². The molecule has 1 amide bonds. The molecule has 7 heteroatoms. The molecule has 0 saturated heterocycles. The maximum absolute atomic E-state index is 12.4. The van der Waals surface area contributed by atoms with Crippen LogP contribution in [0.4, 0.5) is 13.2 Å². The second kappa shape index (κ2) is 6.81. The van der Waals surface area contributed by atoms with Crippen LogP contribution in [0, 0.1) is 0 Å². The van der Waals surface area contributed by atoms with Gasteiger partial charge in [0.1, 0.15) is 11.6 Å². The maximum atomic E-state index is 12.4. The van der Waals surface area contributed by atoms with Crippen molar-refractivity contribution >= 4 is 11.9 Å². The molecule has 1 aromatic carbocycles. The fourth-order valence-corrected chi connectivity index (χ4v) is 1.66. The number of rotatable bonds is 4. The van der Waals surface area contributed by atoms with Gasteiger partial charge in [0.15, 0.2) is 0 Å². The van der Waals surface area contributed by atoms with E-state index in [1.165, 1.54) is 0 Å². The summed E-state index contributed by atoms with van der Waals surface area (Å²) in [6.45, 7) is 4.78. The lowest BCUT2D eigenvalue weighted by Crippen LogP contribution is -2.49. The second-order valence-electron chi connectivity index (χ2n) is 5.75. The Morgan fingerprint density at radius 1 is 1.14 bits per heavy atom. The summed E-state index contributed by atoms with van der Waals surface area (Å²) < 4.78 is 42.2. The molecule has 0 unspecified atom stereocenters. The van der Waals surface area contributed by atoms with Crippen LogP contribution in [0.25, 0.3) is 0 Å². The molecule has 1 atom stereocenters. The predicted molar refractivity (Wildman–Crippen MR) is 74.0 cm³/mol. The first-order valence-corrected chi connectivity index (χ1v) is 6.63. The van der Waals surface area contributed by atoms with Crippen molar-refractivity contribution in [2.75, 3.05) is 0 Å². The molecule has 0 fully saturated rings. The fourth-order valence-electron chi connectivity index (χ4n) is 1.66. The molecule has 0 aliphatic carbocycles. The van der Waals surface area contributed by atoms with Crippen LogP contribution in [0.5, 0.6) is 0 Å². The van der Waals surface area contributed by atoms with Crippen LogP contribution >= 0.6 is 0 Å². The minimum absolute atomic E-state index is 0.0857. The molecule has 122 valence electrons. The molecule has 0 spiro atoms. The molecule has 1 N–H and O–H groups in total. The summed E-state index contributed by atoms with van der Waals surface area (Å²) in [6.07, 6.45) is -5.14. The molecule has 0 saturated carbocycles. The van der Waals surface area contributed by atoms with Gasteiger partial charge in [-0.25, -0.2) is 4.79 Å². The molecular formula is C15H18F3NO3. The third-order valence-electron chi connectivity index (χ3n) is 2.54. The van der Waals surface area contributed by atoms with Gasteiger partial charge in [0.2, 0.25) is 0 Å². The molecular weight excluding hydrogens is 299 g/mol. The van der Waals surface area contributed by atoms with E-state index < -0.39 is 29.7 Å². The third kappa shape index (κ3) is 6.15. The summed E-state index contributed by atoms with van der Waals surface area (Å²) >= 11 is 0. The van der Waals surface area contributed by atoms with Crippen LogP contribution in [-0.4, -0.2) is 29.7 Å². The molecule has 22 heavy (non-hydrogen) atoms. The highest BCUT2D eigenvalue weighted by Crippen LogP contribution is 2.17. The Morgan fingerprint density at radius 2 is 1.68 bits per heavy atom. The molecule has 0 bridgehead atoms. The molecule has 0 aliphatic rings. The van der Waals surface area contributed by atoms with E-state index in [0.717, 1.165) is 0 Å². The van der Waals surface area contributed by atoms with Crippen LogP contribution in [0.1, 0.15) is 26.3 Å². The van der Waals surface area contributed by atoms with Crippen LogP contribution < -0.4 is 5.32 Å². The van der Waals surface area contributed by atoms with Gasteiger partial charge in [0.05, 0.1) is 0 Å². The lowest BCUT2D eigenvalue weighted by Gasteiger charge is -2.25. The zero-order valence-corrected chi connectivity index (χ0v) is 12.5. The first kappa shape index (κ1) is 18.0. The third-order valence-corrected chi connectivity index (χ3v) is 2.54. The average Bonchev–Trinajstić information content (AvgIpc) is 2.36. The highest BCUT2D eigenvalue weighted by atomic mass is 19.4. The zero-order chi connectivity index (χ0) is 17.0. The second-order valence-corrected chi connectivity index (χ2v) is 5.75. The Kier molecular flexibility index (Phi) is 5.57. The lowest BCUT2D eigenvalue weighted by atomic mass is 10.1. The summed E-state index contributed by atoms with van der Waals surface area (Å²) in [5.41, 5.74) is -0.254. The van der Waals surface area contributed by atoms with E-state index >= 15 is 0 Å². The first-order valence-electron chi connectivity index (χ1n) is 6.63. The minimum Gasteiger partial charge on any atom is -0.458 e. The molecule has 0 heterocycles. The normalized spacial score (nSPS) is 13.4. The van der Waals surface area contributed by atoms with Gasteiger partial charge in [0, 0.05) is 6.42 Å². The van der Waals surface area contributed by atoms with Crippen molar-refractivity contribution in [2.24, 2.45) is 0 Å². The van der Waals surface area contributed by atoms with Gasteiger partial charge < -0.3 is 10.1 Å². The predicted octanol–water partition coefficient (Wildman–Crippen LogP) is 2.62. The highest BCUT2D eigenvalue weighted by Gasteiger charge is 2.41. The Labute approximate surface area is 126 Å². The van der Waals surface area contributed by atoms with E-state index in [9.17, 15) is 22.8 Å². The number of alkyl halides is 3. The Balaban J connectivity index is 2.90. The van der Waals surface area contributed by atoms with E-state index in [0.29, 0.717) is 5.56 Å². The van der Waals surface area contributed by atoms with E-state index in [-0.39, 0.29) is 6.42 Å². The number of hydrogen-bond acceptors (Lipinski definition) is 3. The number of esters is 1. The number of ether oxygens (including phenoxy) is 1. The van der Waals surface area contributed by atoms with E-state index in [1.54, 1.807) is 56.4 Å². The number of carbonyl (C=O) groups is 2. The van der Waals surface area contributed by atoms with Gasteiger partial charge in [0.25, 0.3) is 0 Å². The summed E-state index contributed by atoms with van der Waals surface area (Å²) in [7, 11) is 0. The van der Waals surface area contributed by atoms with Gasteiger partial charge in [-0.05, 0) is 26.3 Å². The maximum Gasteiger partial charge on any atom is 0.471 e. The number of halogens is 3. The van der Waals surface area contributed by atoms with Gasteiger partial charge in [-0.3, -0.25) is 4.79 Å². The number of benzene rings is 1. The number of hydrogen-bond donors (Lipinski definition) is 1. The van der Waals surface area contributed by atoms with Crippen molar-refractivity contribution < 1.29 is 27.5 Å². The highest BCUT2D eigenvalue weighted by molar-refractivity contribution is 5.87. The summed E-state index contributed by atoms with van der Waals surface area (Å²) in [6, 6.07) is 7.00. The molecule has 0 aliphatic heterocycles. The van der Waals surface area contributed by atoms with Crippen molar-refractivity contribution in [3.8, 4) is 0 Å². The van der Waals surface area contributed by atoms with Crippen LogP contribution in [0.3, 0.4) is 0 Å². The first-order chi connectivity index (χ1) is 9.99. The van der Waals surface area contributed by atoms with Gasteiger partial charge in [-0.1, -0.05) is 30.3 Å². The zero-order valence-electron chi connectivity index (χ0n) is 12.5. The van der Waals surface area contributed by atoms with Crippen molar-refractivity contribution in [1.82, 2.24) is 5.32 Å². The van der Waals surface area contributed by atoms with Crippen molar-refractivity contribution in [1.29, 1.82) is 0 Å². The van der Waals surface area contributed by atoms with E-state index in [4.69, 9.17) is 4.74 Å². The Morgan fingerprint density at radius 3 is 2.14 bits per heavy atom. The number of amides is 1. The smallest absolute Gasteiger partial charge is 0.458 e. The number of carbonyl (C=O) groups excluding carboxylic acids is 2. The molecule has 0 aromatic heterocycles. The van der Waals surface area contributed by atoms with Crippen molar-refractivity contribution in [3.63, 3.8) is 0 Å². The standard InChI is InChI=1S/C15H18F3NO3/c1-14(2,3)22-12(20)11(19-13(21)15(16,17)18)9-10-7-5-4-6-8-10/h4-8,11H,9H2,1-3H3,(H,19,21)/t11-/m1/s1. The van der Waals surface area contributed by atoms with Gasteiger partial charge in [-0.2, -0.15) is 13.2 Å². The van der Waals surface area contributed by atoms with Crippen molar-refractivity contribution in [3.05, 3.63) is 35.9 Å². The van der Waals surface area contributed by atoms with Crippen LogP contribution in [-0.2, 0) is 20.7 Å². The Hall–Kier alpha value is -2.05.